The maximum atomic E-state index is 12.8. The summed E-state index contributed by atoms with van der Waals surface area (Å²) in [6.45, 7) is 6.69. The first-order valence-corrected chi connectivity index (χ1v) is 9.66. The molecule has 138 valence electrons. The van der Waals surface area contributed by atoms with Gasteiger partial charge in [0, 0.05) is 12.0 Å². The standard InChI is InChI=1S/C26H28O/c1-26(2,3)24-16-14-20(15-17-24)18-23(21-10-6-4-7-11-21)19-25(27)22-12-8-5-9-13-22/h4-17,23H,18-19H2,1-3H3/t23-/m1/s1. The molecule has 0 N–H and O–H groups in total. The number of benzene rings is 3. The average molecular weight is 357 g/mol. The lowest BCUT2D eigenvalue weighted by Gasteiger charge is -2.21. The van der Waals surface area contributed by atoms with Gasteiger partial charge in [-0.25, -0.2) is 0 Å². The maximum absolute atomic E-state index is 12.8. The van der Waals surface area contributed by atoms with E-state index >= 15 is 0 Å². The van der Waals surface area contributed by atoms with Gasteiger partial charge < -0.3 is 0 Å². The van der Waals surface area contributed by atoms with Crippen molar-refractivity contribution in [3.8, 4) is 0 Å². The van der Waals surface area contributed by atoms with Crippen molar-refractivity contribution in [3.05, 3.63) is 107 Å². The molecule has 0 saturated carbocycles. The number of carbonyl (C=O) groups excluding carboxylic acids is 1. The highest BCUT2D eigenvalue weighted by atomic mass is 16.1. The minimum absolute atomic E-state index is 0.153. The van der Waals surface area contributed by atoms with Crippen LogP contribution in [0.1, 0.15) is 60.2 Å². The molecule has 3 aromatic carbocycles. The largest absolute Gasteiger partial charge is 0.294 e. The Morgan fingerprint density at radius 3 is 1.89 bits per heavy atom. The van der Waals surface area contributed by atoms with Gasteiger partial charge in [0.1, 0.15) is 0 Å². The lowest BCUT2D eigenvalue weighted by molar-refractivity contribution is 0.0973. The van der Waals surface area contributed by atoms with Crippen LogP contribution in [-0.4, -0.2) is 5.78 Å². The van der Waals surface area contributed by atoms with E-state index in [0.29, 0.717) is 6.42 Å². The van der Waals surface area contributed by atoms with E-state index in [9.17, 15) is 4.79 Å². The molecule has 3 rings (SSSR count). The molecule has 0 amide bonds. The molecular formula is C26H28O. The summed E-state index contributed by atoms with van der Waals surface area (Å²) >= 11 is 0. The van der Waals surface area contributed by atoms with Crippen molar-refractivity contribution in [2.45, 2.75) is 44.9 Å². The molecule has 0 aromatic heterocycles. The number of hydrogen-bond acceptors (Lipinski definition) is 1. The monoisotopic (exact) mass is 356 g/mol. The van der Waals surface area contributed by atoms with Crippen molar-refractivity contribution < 1.29 is 4.79 Å². The third kappa shape index (κ3) is 5.17. The Morgan fingerprint density at radius 1 is 0.778 bits per heavy atom. The second kappa shape index (κ2) is 8.35. The third-order valence-electron chi connectivity index (χ3n) is 5.10. The van der Waals surface area contributed by atoms with Gasteiger partial charge in [-0.15, -0.1) is 0 Å². The predicted molar refractivity (Wildman–Crippen MR) is 113 cm³/mol. The summed E-state index contributed by atoms with van der Waals surface area (Å²) in [4.78, 5) is 12.8. The Bertz CT molecular complexity index is 856. The van der Waals surface area contributed by atoms with Crippen LogP contribution in [-0.2, 0) is 11.8 Å². The molecule has 1 atom stereocenters. The highest BCUT2D eigenvalue weighted by Gasteiger charge is 2.19. The van der Waals surface area contributed by atoms with E-state index in [2.05, 4.69) is 69.3 Å². The van der Waals surface area contributed by atoms with Crippen molar-refractivity contribution in [1.82, 2.24) is 0 Å². The van der Waals surface area contributed by atoms with E-state index in [1.165, 1.54) is 16.7 Å². The second-order valence-electron chi connectivity index (χ2n) is 8.25. The number of hydrogen-bond donors (Lipinski definition) is 0. The van der Waals surface area contributed by atoms with Crippen LogP contribution in [0, 0.1) is 0 Å². The van der Waals surface area contributed by atoms with Gasteiger partial charge in [-0.1, -0.05) is 106 Å². The predicted octanol–water partition coefficient (Wildman–Crippen LogP) is 6.58. The topological polar surface area (TPSA) is 17.1 Å². The van der Waals surface area contributed by atoms with Crippen molar-refractivity contribution in [1.29, 1.82) is 0 Å². The molecule has 0 radical (unpaired) electrons. The van der Waals surface area contributed by atoms with Crippen LogP contribution in [0.3, 0.4) is 0 Å². The summed E-state index contributed by atoms with van der Waals surface area (Å²) in [6.07, 6.45) is 1.39. The SMILES string of the molecule is CC(C)(C)c1ccc(C[C@H](CC(=O)c2ccccc2)c2ccccc2)cc1. The molecule has 1 heteroatoms. The zero-order chi connectivity index (χ0) is 19.3. The van der Waals surface area contributed by atoms with Crippen LogP contribution in [0.4, 0.5) is 0 Å². The lowest BCUT2D eigenvalue weighted by atomic mass is 9.84. The Morgan fingerprint density at radius 2 is 1.33 bits per heavy atom. The highest BCUT2D eigenvalue weighted by Crippen LogP contribution is 2.28. The first-order chi connectivity index (χ1) is 12.9. The van der Waals surface area contributed by atoms with Crippen LogP contribution in [0.15, 0.2) is 84.9 Å². The van der Waals surface area contributed by atoms with Gasteiger partial charge in [0.05, 0.1) is 0 Å². The van der Waals surface area contributed by atoms with Gasteiger partial charge in [0.15, 0.2) is 5.78 Å². The van der Waals surface area contributed by atoms with Crippen LogP contribution in [0.2, 0.25) is 0 Å². The van der Waals surface area contributed by atoms with Gasteiger partial charge >= 0.3 is 0 Å². The van der Waals surface area contributed by atoms with Crippen LogP contribution < -0.4 is 0 Å². The molecule has 0 heterocycles. The highest BCUT2D eigenvalue weighted by molar-refractivity contribution is 5.96. The lowest BCUT2D eigenvalue weighted by Crippen LogP contribution is -2.12. The first kappa shape index (κ1) is 19.1. The molecule has 0 bridgehead atoms. The van der Waals surface area contributed by atoms with Gasteiger partial charge in [-0.3, -0.25) is 4.79 Å². The Balaban J connectivity index is 1.81. The fraction of sp³-hybridized carbons (Fsp3) is 0.269. The summed E-state index contributed by atoms with van der Waals surface area (Å²) < 4.78 is 0. The zero-order valence-corrected chi connectivity index (χ0v) is 16.5. The van der Waals surface area contributed by atoms with E-state index in [1.807, 2.05) is 36.4 Å². The van der Waals surface area contributed by atoms with Gasteiger partial charge in [0.25, 0.3) is 0 Å². The van der Waals surface area contributed by atoms with E-state index < -0.39 is 0 Å². The van der Waals surface area contributed by atoms with E-state index in [0.717, 1.165) is 12.0 Å². The van der Waals surface area contributed by atoms with Crippen molar-refractivity contribution in [3.63, 3.8) is 0 Å². The van der Waals surface area contributed by atoms with Gasteiger partial charge in [-0.05, 0) is 34.4 Å². The fourth-order valence-electron chi connectivity index (χ4n) is 3.42. The quantitative estimate of drug-likeness (QED) is 0.456. The fourth-order valence-corrected chi connectivity index (χ4v) is 3.42. The first-order valence-electron chi connectivity index (χ1n) is 9.66. The van der Waals surface area contributed by atoms with Crippen molar-refractivity contribution >= 4 is 5.78 Å². The molecule has 1 nitrogen and oxygen atoms in total. The Labute approximate surface area is 163 Å². The summed E-state index contributed by atoms with van der Waals surface area (Å²) in [5, 5.41) is 0. The minimum Gasteiger partial charge on any atom is -0.294 e. The average Bonchev–Trinajstić information content (AvgIpc) is 2.68. The van der Waals surface area contributed by atoms with Crippen molar-refractivity contribution in [2.75, 3.05) is 0 Å². The minimum atomic E-state index is 0.153. The Kier molecular flexibility index (Phi) is 5.91. The zero-order valence-electron chi connectivity index (χ0n) is 16.5. The van der Waals surface area contributed by atoms with Crippen molar-refractivity contribution in [2.24, 2.45) is 0 Å². The summed E-state index contributed by atoms with van der Waals surface area (Å²) in [5.74, 6) is 0.384. The summed E-state index contributed by atoms with van der Waals surface area (Å²) in [7, 11) is 0. The third-order valence-corrected chi connectivity index (χ3v) is 5.10. The molecule has 0 aliphatic heterocycles. The molecule has 0 aliphatic rings. The van der Waals surface area contributed by atoms with E-state index in [4.69, 9.17) is 0 Å². The number of carbonyl (C=O) groups is 1. The second-order valence-corrected chi connectivity index (χ2v) is 8.25. The van der Waals surface area contributed by atoms with Gasteiger partial charge in [0.2, 0.25) is 0 Å². The molecule has 0 saturated heterocycles. The van der Waals surface area contributed by atoms with Gasteiger partial charge in [-0.2, -0.15) is 0 Å². The molecule has 0 spiro atoms. The maximum Gasteiger partial charge on any atom is 0.163 e. The smallest absolute Gasteiger partial charge is 0.163 e. The number of Topliss-reactive ketones (excluding diaryl/α,β-unsaturated/α-hetero) is 1. The van der Waals surface area contributed by atoms with Crippen LogP contribution >= 0.6 is 0 Å². The van der Waals surface area contributed by atoms with Crippen LogP contribution in [0.25, 0.3) is 0 Å². The molecule has 0 fully saturated rings. The Hall–Kier alpha value is -2.67. The number of ketones is 1. The molecule has 3 aromatic rings. The molecule has 0 unspecified atom stereocenters. The van der Waals surface area contributed by atoms with E-state index in [1.54, 1.807) is 0 Å². The summed E-state index contributed by atoms with van der Waals surface area (Å²) in [5.41, 5.74) is 4.78. The normalized spacial score (nSPS) is 12.6. The number of rotatable bonds is 6. The van der Waals surface area contributed by atoms with E-state index in [-0.39, 0.29) is 17.1 Å². The molecular weight excluding hydrogens is 328 g/mol. The molecule has 0 aliphatic carbocycles. The molecule has 27 heavy (non-hydrogen) atoms. The summed E-state index contributed by atoms with van der Waals surface area (Å²) in [6, 6.07) is 28.9. The van der Waals surface area contributed by atoms with Crippen LogP contribution in [0.5, 0.6) is 0 Å².